The summed E-state index contributed by atoms with van der Waals surface area (Å²) in [5, 5.41) is 3.30. The van der Waals surface area contributed by atoms with Crippen LogP contribution in [0.3, 0.4) is 0 Å². The second-order valence-corrected chi connectivity index (χ2v) is 11.8. The molecule has 3 heterocycles. The average Bonchev–Trinajstić information content (AvgIpc) is 3.36. The Morgan fingerprint density at radius 2 is 1.89 bits per heavy atom. The number of piperidine rings is 1. The first-order valence-electron chi connectivity index (χ1n) is 14.4. The Morgan fingerprint density at radius 3 is 2.65 bits per heavy atom. The first-order valence-corrected chi connectivity index (χ1v) is 14.4. The predicted octanol–water partition coefficient (Wildman–Crippen LogP) is 4.39. The molecule has 2 amide bonds. The van der Waals surface area contributed by atoms with Gasteiger partial charge in [-0.2, -0.15) is 0 Å². The molecular weight excluding hydrogens is 466 g/mol. The van der Waals surface area contributed by atoms with E-state index in [-0.39, 0.29) is 17.9 Å². The zero-order valence-electron chi connectivity index (χ0n) is 23.2. The van der Waals surface area contributed by atoms with Gasteiger partial charge in [-0.3, -0.25) is 14.5 Å². The normalized spacial score (nSPS) is 26.1. The summed E-state index contributed by atoms with van der Waals surface area (Å²) in [6, 6.07) is 7.91. The summed E-state index contributed by atoms with van der Waals surface area (Å²) in [4.78, 5) is 32.1. The Morgan fingerprint density at radius 1 is 1.08 bits per heavy atom. The van der Waals surface area contributed by atoms with Gasteiger partial charge < -0.3 is 19.7 Å². The quantitative estimate of drug-likeness (QED) is 0.632. The van der Waals surface area contributed by atoms with Crippen LogP contribution in [0.2, 0.25) is 0 Å². The molecule has 7 nitrogen and oxygen atoms in total. The van der Waals surface area contributed by atoms with E-state index in [1.165, 1.54) is 5.56 Å². The van der Waals surface area contributed by atoms with Crippen LogP contribution >= 0.6 is 0 Å². The molecular formula is C30H47N3O4. The van der Waals surface area contributed by atoms with Crippen LogP contribution in [-0.4, -0.2) is 73.7 Å². The Hall–Kier alpha value is -2.12. The van der Waals surface area contributed by atoms with E-state index in [2.05, 4.69) is 36.2 Å². The maximum absolute atomic E-state index is 14.0. The van der Waals surface area contributed by atoms with E-state index in [0.717, 1.165) is 89.9 Å². The Bertz CT molecular complexity index is 897. The number of methoxy groups -OCH3 is 1. The van der Waals surface area contributed by atoms with Gasteiger partial charge in [0.25, 0.3) is 0 Å². The lowest BCUT2D eigenvalue weighted by Gasteiger charge is -2.42. The number of amides is 2. The summed E-state index contributed by atoms with van der Waals surface area (Å²) in [5.41, 5.74) is 0.823. The molecule has 1 N–H and O–H groups in total. The molecule has 1 aromatic carbocycles. The third-order valence-electron chi connectivity index (χ3n) is 8.56. The van der Waals surface area contributed by atoms with Crippen LogP contribution in [-0.2, 0) is 20.9 Å². The van der Waals surface area contributed by atoms with Gasteiger partial charge >= 0.3 is 0 Å². The SMILES string of the molecule is COc1cccc(CN2CCC3(CCCCCOC[C@@H]4CCCN4C(=O)[C@H](CC(C)C)NC3=O)CC2)c1. The van der Waals surface area contributed by atoms with E-state index in [1.807, 2.05) is 17.0 Å². The second kappa shape index (κ2) is 13.1. The summed E-state index contributed by atoms with van der Waals surface area (Å²) in [6.45, 7) is 8.99. The van der Waals surface area contributed by atoms with Gasteiger partial charge in [-0.25, -0.2) is 0 Å². The van der Waals surface area contributed by atoms with Gasteiger partial charge in [-0.05, 0) is 81.6 Å². The van der Waals surface area contributed by atoms with Gasteiger partial charge in [-0.15, -0.1) is 0 Å². The number of hydrogen-bond acceptors (Lipinski definition) is 5. The predicted molar refractivity (Wildman–Crippen MR) is 145 cm³/mol. The third kappa shape index (κ3) is 7.26. The van der Waals surface area contributed by atoms with Crippen molar-refractivity contribution in [3.05, 3.63) is 29.8 Å². The summed E-state index contributed by atoms with van der Waals surface area (Å²) < 4.78 is 11.4. The fraction of sp³-hybridized carbons (Fsp3) is 0.733. The minimum Gasteiger partial charge on any atom is -0.497 e. The molecule has 4 rings (SSSR count). The minimum atomic E-state index is -0.456. The maximum atomic E-state index is 14.0. The molecule has 7 heteroatoms. The van der Waals surface area contributed by atoms with Crippen LogP contribution in [0, 0.1) is 11.3 Å². The molecule has 37 heavy (non-hydrogen) atoms. The number of benzene rings is 1. The maximum Gasteiger partial charge on any atom is 0.245 e. The first-order chi connectivity index (χ1) is 17.9. The van der Waals surface area contributed by atoms with Crippen LogP contribution in [0.15, 0.2) is 24.3 Å². The molecule has 0 unspecified atom stereocenters. The molecule has 0 aromatic heterocycles. The van der Waals surface area contributed by atoms with Crippen molar-refractivity contribution in [2.24, 2.45) is 11.3 Å². The van der Waals surface area contributed by atoms with E-state index in [1.54, 1.807) is 7.11 Å². The molecule has 2 atom stereocenters. The molecule has 3 saturated heterocycles. The zero-order valence-corrected chi connectivity index (χ0v) is 23.2. The second-order valence-electron chi connectivity index (χ2n) is 11.8. The van der Waals surface area contributed by atoms with Gasteiger partial charge in [0.05, 0.1) is 25.2 Å². The summed E-state index contributed by atoms with van der Waals surface area (Å²) in [5.74, 6) is 1.37. The Balaban J connectivity index is 1.48. The number of ether oxygens (including phenoxy) is 2. The van der Waals surface area contributed by atoms with E-state index in [9.17, 15) is 9.59 Å². The molecule has 3 fully saturated rings. The van der Waals surface area contributed by atoms with Crippen molar-refractivity contribution < 1.29 is 19.1 Å². The lowest BCUT2D eigenvalue weighted by Crippen LogP contribution is -2.56. The average molecular weight is 514 g/mol. The van der Waals surface area contributed by atoms with Crippen molar-refractivity contribution in [3.8, 4) is 5.75 Å². The van der Waals surface area contributed by atoms with E-state index < -0.39 is 11.5 Å². The van der Waals surface area contributed by atoms with Crippen LogP contribution in [0.5, 0.6) is 5.75 Å². The molecule has 3 aliphatic heterocycles. The van der Waals surface area contributed by atoms with Gasteiger partial charge in [0.1, 0.15) is 11.8 Å². The van der Waals surface area contributed by atoms with E-state index in [4.69, 9.17) is 9.47 Å². The number of hydrogen-bond donors (Lipinski definition) is 1. The Kier molecular flexibility index (Phi) is 9.88. The topological polar surface area (TPSA) is 71.1 Å². The number of likely N-dealkylation sites (tertiary alicyclic amines) is 1. The highest BCUT2D eigenvalue weighted by molar-refractivity contribution is 5.90. The number of nitrogens with zero attached hydrogens (tertiary/aromatic N) is 2. The molecule has 206 valence electrons. The van der Waals surface area contributed by atoms with Crippen molar-refractivity contribution in [1.82, 2.24) is 15.1 Å². The van der Waals surface area contributed by atoms with Crippen molar-refractivity contribution in [2.45, 2.75) is 90.3 Å². The number of carbonyl (C=O) groups excluding carboxylic acids is 2. The fourth-order valence-electron chi connectivity index (χ4n) is 6.33. The van der Waals surface area contributed by atoms with Gasteiger partial charge in [0.15, 0.2) is 0 Å². The zero-order chi connectivity index (χ0) is 26.3. The molecule has 0 radical (unpaired) electrons. The fourth-order valence-corrected chi connectivity index (χ4v) is 6.33. The van der Waals surface area contributed by atoms with Crippen molar-refractivity contribution in [3.63, 3.8) is 0 Å². The lowest BCUT2D eigenvalue weighted by atomic mass is 9.73. The highest BCUT2D eigenvalue weighted by Crippen LogP contribution is 2.38. The highest BCUT2D eigenvalue weighted by atomic mass is 16.5. The third-order valence-corrected chi connectivity index (χ3v) is 8.56. The van der Waals surface area contributed by atoms with E-state index >= 15 is 0 Å². The molecule has 1 spiro atoms. The van der Waals surface area contributed by atoms with Crippen LogP contribution in [0.1, 0.15) is 77.2 Å². The van der Waals surface area contributed by atoms with Crippen LogP contribution < -0.4 is 10.1 Å². The highest BCUT2D eigenvalue weighted by Gasteiger charge is 2.43. The first kappa shape index (κ1) is 27.9. The minimum absolute atomic E-state index is 0.0795. The molecule has 0 aliphatic carbocycles. The molecule has 0 saturated carbocycles. The molecule has 1 aromatic rings. The molecule has 3 aliphatic rings. The number of rotatable bonds is 5. The van der Waals surface area contributed by atoms with E-state index in [0.29, 0.717) is 18.9 Å². The van der Waals surface area contributed by atoms with Gasteiger partial charge in [0, 0.05) is 19.7 Å². The Labute approximate surface area is 223 Å². The lowest BCUT2D eigenvalue weighted by molar-refractivity contribution is -0.143. The van der Waals surface area contributed by atoms with Crippen molar-refractivity contribution in [1.29, 1.82) is 0 Å². The largest absolute Gasteiger partial charge is 0.497 e. The molecule has 0 bridgehead atoms. The number of fused-ring (bicyclic) bond motifs is 1. The van der Waals surface area contributed by atoms with Crippen LogP contribution in [0.25, 0.3) is 0 Å². The van der Waals surface area contributed by atoms with Crippen LogP contribution in [0.4, 0.5) is 0 Å². The monoisotopic (exact) mass is 513 g/mol. The summed E-state index contributed by atoms with van der Waals surface area (Å²) in [6.07, 6.45) is 8.30. The van der Waals surface area contributed by atoms with Gasteiger partial charge in [-0.1, -0.05) is 38.8 Å². The van der Waals surface area contributed by atoms with Crippen molar-refractivity contribution >= 4 is 11.8 Å². The number of nitrogens with one attached hydrogen (secondary N) is 1. The van der Waals surface area contributed by atoms with Gasteiger partial charge in [0.2, 0.25) is 11.8 Å². The van der Waals surface area contributed by atoms with Crippen molar-refractivity contribution in [2.75, 3.05) is 40.0 Å². The number of carbonyl (C=O) groups is 2. The summed E-state index contributed by atoms with van der Waals surface area (Å²) in [7, 11) is 1.70. The summed E-state index contributed by atoms with van der Waals surface area (Å²) >= 11 is 0. The standard InChI is InChI=1S/C30H47N3O4/c1-23(2)19-27-28(34)33-15-8-10-25(33)22-37-18-6-4-5-12-30(29(35)31-27)13-16-32(17-14-30)21-24-9-7-11-26(20-24)36-3/h7,9,11,20,23,25,27H,4-6,8,10,12-19,21-22H2,1-3H3,(H,31,35)/t25-,27-/m0/s1. The smallest absolute Gasteiger partial charge is 0.245 e.